The van der Waals surface area contributed by atoms with E-state index in [0.717, 1.165) is 6.42 Å². The summed E-state index contributed by atoms with van der Waals surface area (Å²) in [6.07, 6.45) is 3.28. The number of thioether (sulfide) groups is 1. The fourth-order valence-corrected chi connectivity index (χ4v) is 4.67. The highest BCUT2D eigenvalue weighted by atomic mass is 32.2. The molecule has 2 nitrogen and oxygen atoms in total. The average Bonchev–Trinajstić information content (AvgIpc) is 2.28. The van der Waals surface area contributed by atoms with Crippen LogP contribution in [0.2, 0.25) is 0 Å². The Bertz CT molecular complexity index is 442. The monoisotopic (exact) mass is 265 g/mol. The lowest BCUT2D eigenvalue weighted by Crippen LogP contribution is -2.54. The van der Waals surface area contributed by atoms with Gasteiger partial charge in [-0.3, -0.25) is 0 Å². The number of phenolic OH excluding ortho intramolecular Hbond substituents is 1. The SMILES string of the molecule is CS[C@H]1Cc2ccc(O)cc2C(C)(C)[C@@H]1N(C)C. The topological polar surface area (TPSA) is 23.5 Å². The lowest BCUT2D eigenvalue weighted by Gasteiger charge is -2.48. The predicted molar refractivity (Wildman–Crippen MR) is 79.6 cm³/mol. The quantitative estimate of drug-likeness (QED) is 0.889. The van der Waals surface area contributed by atoms with Crippen LogP contribution in [0.1, 0.15) is 25.0 Å². The molecule has 0 unspecified atom stereocenters. The minimum absolute atomic E-state index is 0.0590. The van der Waals surface area contributed by atoms with Crippen molar-refractivity contribution < 1.29 is 5.11 Å². The van der Waals surface area contributed by atoms with Gasteiger partial charge in [-0.2, -0.15) is 11.8 Å². The molecule has 0 heterocycles. The van der Waals surface area contributed by atoms with Crippen LogP contribution in [0.4, 0.5) is 0 Å². The van der Waals surface area contributed by atoms with Crippen LogP contribution in [0.15, 0.2) is 18.2 Å². The number of rotatable bonds is 2. The van der Waals surface area contributed by atoms with E-state index in [1.54, 1.807) is 0 Å². The number of nitrogens with zero attached hydrogens (tertiary/aromatic N) is 1. The molecule has 0 aliphatic heterocycles. The molecule has 100 valence electrons. The van der Waals surface area contributed by atoms with Crippen molar-refractivity contribution >= 4 is 11.8 Å². The molecule has 0 aromatic heterocycles. The van der Waals surface area contributed by atoms with Crippen molar-refractivity contribution in [1.29, 1.82) is 0 Å². The Morgan fingerprint density at radius 2 is 2.00 bits per heavy atom. The van der Waals surface area contributed by atoms with Crippen LogP contribution in [0, 0.1) is 0 Å². The molecule has 1 aliphatic carbocycles. The summed E-state index contributed by atoms with van der Waals surface area (Å²) in [7, 11) is 4.31. The molecular formula is C15H23NOS. The van der Waals surface area contributed by atoms with E-state index in [4.69, 9.17) is 0 Å². The van der Waals surface area contributed by atoms with Gasteiger partial charge in [-0.15, -0.1) is 0 Å². The van der Waals surface area contributed by atoms with E-state index < -0.39 is 0 Å². The van der Waals surface area contributed by atoms with Gasteiger partial charge in [0.2, 0.25) is 0 Å². The summed E-state index contributed by atoms with van der Waals surface area (Å²) in [5, 5.41) is 10.4. The number of hydrogen-bond acceptors (Lipinski definition) is 3. The van der Waals surface area contributed by atoms with Gasteiger partial charge in [-0.25, -0.2) is 0 Å². The summed E-state index contributed by atoms with van der Waals surface area (Å²) < 4.78 is 0. The third kappa shape index (κ3) is 2.14. The zero-order chi connectivity index (χ0) is 13.5. The highest BCUT2D eigenvalue weighted by molar-refractivity contribution is 7.99. The van der Waals surface area contributed by atoms with E-state index >= 15 is 0 Å². The van der Waals surface area contributed by atoms with E-state index in [0.29, 0.717) is 17.0 Å². The van der Waals surface area contributed by atoms with Gasteiger partial charge in [0.25, 0.3) is 0 Å². The molecule has 18 heavy (non-hydrogen) atoms. The Kier molecular flexibility index (Phi) is 3.65. The minimum Gasteiger partial charge on any atom is -0.508 e. The molecule has 0 saturated heterocycles. The standard InChI is InChI=1S/C15H23NOS/c1-15(2)12-9-11(17)7-6-10(12)8-13(18-5)14(15)16(3)4/h6-7,9,13-14,17H,8H2,1-5H3/t13-,14+/m0/s1. The predicted octanol–water partition coefficient (Wildman–Crippen LogP) is 2.89. The molecule has 0 amide bonds. The van der Waals surface area contributed by atoms with Crippen LogP contribution in [0.5, 0.6) is 5.75 Å². The van der Waals surface area contributed by atoms with Gasteiger partial charge in [0.05, 0.1) is 0 Å². The van der Waals surface area contributed by atoms with Gasteiger partial charge in [0.15, 0.2) is 0 Å². The molecule has 2 rings (SSSR count). The third-order valence-electron chi connectivity index (χ3n) is 4.16. The molecule has 0 saturated carbocycles. The number of phenols is 1. The summed E-state index contributed by atoms with van der Waals surface area (Å²) in [6.45, 7) is 4.58. The molecule has 0 bridgehead atoms. The van der Waals surface area contributed by atoms with Crippen molar-refractivity contribution in [3.63, 3.8) is 0 Å². The summed E-state index contributed by atoms with van der Waals surface area (Å²) in [4.78, 5) is 2.33. The van der Waals surface area contributed by atoms with Crippen LogP contribution >= 0.6 is 11.8 Å². The normalized spacial score (nSPS) is 26.1. The first-order valence-electron chi connectivity index (χ1n) is 6.39. The van der Waals surface area contributed by atoms with Crippen molar-refractivity contribution in [2.45, 2.75) is 37.0 Å². The molecule has 0 radical (unpaired) electrons. The van der Waals surface area contributed by atoms with Crippen molar-refractivity contribution in [1.82, 2.24) is 4.90 Å². The van der Waals surface area contributed by atoms with Crippen molar-refractivity contribution in [2.24, 2.45) is 0 Å². The number of aromatic hydroxyl groups is 1. The largest absolute Gasteiger partial charge is 0.508 e. The van der Waals surface area contributed by atoms with E-state index in [-0.39, 0.29) is 5.41 Å². The van der Waals surface area contributed by atoms with Crippen LogP contribution in [0.25, 0.3) is 0 Å². The number of hydrogen-bond donors (Lipinski definition) is 1. The van der Waals surface area contributed by atoms with Crippen LogP contribution in [-0.4, -0.2) is 41.6 Å². The number of benzene rings is 1. The smallest absolute Gasteiger partial charge is 0.115 e. The Hall–Kier alpha value is -0.670. The lowest BCUT2D eigenvalue weighted by atomic mass is 9.68. The maximum Gasteiger partial charge on any atom is 0.115 e. The molecular weight excluding hydrogens is 242 g/mol. The Morgan fingerprint density at radius 1 is 1.33 bits per heavy atom. The third-order valence-corrected chi connectivity index (χ3v) is 5.19. The highest BCUT2D eigenvalue weighted by Crippen LogP contribution is 2.43. The first-order chi connectivity index (χ1) is 8.37. The molecule has 0 fully saturated rings. The van der Waals surface area contributed by atoms with Crippen molar-refractivity contribution in [2.75, 3.05) is 20.4 Å². The Labute approximate surface area is 114 Å². The molecule has 3 heteroatoms. The van der Waals surface area contributed by atoms with Crippen LogP contribution < -0.4 is 0 Å². The lowest BCUT2D eigenvalue weighted by molar-refractivity contribution is 0.182. The molecule has 1 N–H and O–H groups in total. The molecule has 0 spiro atoms. The number of likely N-dealkylation sites (N-methyl/N-ethyl adjacent to an activating group) is 1. The van der Waals surface area contributed by atoms with Crippen molar-refractivity contribution in [3.05, 3.63) is 29.3 Å². The fourth-order valence-electron chi connectivity index (χ4n) is 3.48. The molecule has 1 aromatic carbocycles. The Balaban J connectivity index is 2.54. The second-order valence-electron chi connectivity index (χ2n) is 5.95. The number of fused-ring (bicyclic) bond motifs is 1. The summed E-state index contributed by atoms with van der Waals surface area (Å²) in [5.41, 5.74) is 2.74. The second-order valence-corrected chi connectivity index (χ2v) is 7.03. The van der Waals surface area contributed by atoms with Gasteiger partial charge in [-0.05, 0) is 50.0 Å². The van der Waals surface area contributed by atoms with Crippen molar-refractivity contribution in [3.8, 4) is 5.75 Å². The zero-order valence-corrected chi connectivity index (χ0v) is 12.7. The van der Waals surface area contributed by atoms with Crippen LogP contribution in [-0.2, 0) is 11.8 Å². The highest BCUT2D eigenvalue weighted by Gasteiger charge is 2.43. The second kappa shape index (κ2) is 4.78. The Morgan fingerprint density at radius 3 is 2.56 bits per heavy atom. The first kappa shape index (κ1) is 13.8. The zero-order valence-electron chi connectivity index (χ0n) is 11.9. The average molecular weight is 265 g/mol. The minimum atomic E-state index is 0.0590. The van der Waals surface area contributed by atoms with E-state index in [1.165, 1.54) is 11.1 Å². The van der Waals surface area contributed by atoms with Gasteiger partial charge in [0.1, 0.15) is 5.75 Å². The summed E-state index contributed by atoms with van der Waals surface area (Å²) in [5.74, 6) is 0.377. The van der Waals surface area contributed by atoms with Gasteiger partial charge < -0.3 is 10.0 Å². The molecule has 2 atom stereocenters. The maximum atomic E-state index is 9.75. The maximum absolute atomic E-state index is 9.75. The fraction of sp³-hybridized carbons (Fsp3) is 0.600. The van der Waals surface area contributed by atoms with Crippen LogP contribution in [0.3, 0.4) is 0 Å². The summed E-state index contributed by atoms with van der Waals surface area (Å²) >= 11 is 1.95. The van der Waals surface area contributed by atoms with Gasteiger partial charge in [-0.1, -0.05) is 19.9 Å². The van der Waals surface area contributed by atoms with E-state index in [2.05, 4.69) is 45.2 Å². The van der Waals surface area contributed by atoms with Gasteiger partial charge >= 0.3 is 0 Å². The van der Waals surface area contributed by atoms with Gasteiger partial charge in [0, 0.05) is 16.7 Å². The van der Waals surface area contributed by atoms with E-state index in [9.17, 15) is 5.11 Å². The molecule has 1 aliphatic rings. The summed E-state index contributed by atoms with van der Waals surface area (Å²) in [6, 6.07) is 6.33. The van der Waals surface area contributed by atoms with E-state index in [1.807, 2.05) is 23.9 Å². The first-order valence-corrected chi connectivity index (χ1v) is 7.68. The molecule has 1 aromatic rings.